The van der Waals surface area contributed by atoms with E-state index in [0.717, 1.165) is 0 Å². The molecule has 11 heteroatoms. The maximum Gasteiger partial charge on any atom is 0.505 e. The van der Waals surface area contributed by atoms with Gasteiger partial charge in [0.15, 0.2) is 34.5 Å². The maximum atomic E-state index is 13.7. The SMILES string of the molecule is Oc1c(O)c([C@@H]2CCNC[C@H]2COc2ccc3c(c2)OC(O)(O)O3)c(O)c(O)c1F. The summed E-state index contributed by atoms with van der Waals surface area (Å²) in [6.07, 6.45) is -2.33. The minimum absolute atomic E-state index is 0.0690. The summed E-state index contributed by atoms with van der Waals surface area (Å²) in [6, 6.07) is 4.36. The normalized spacial score (nSPS) is 22.1. The Hall–Kier alpha value is -3.15. The summed E-state index contributed by atoms with van der Waals surface area (Å²) in [4.78, 5) is 0. The number of aromatic hydroxyl groups is 4. The number of fused-ring (bicyclic) bond motifs is 1. The highest BCUT2D eigenvalue weighted by Crippen LogP contribution is 2.51. The summed E-state index contributed by atoms with van der Waals surface area (Å²) in [6.45, 7) is 1.03. The van der Waals surface area contributed by atoms with Crippen LogP contribution in [0, 0.1) is 11.7 Å². The van der Waals surface area contributed by atoms with Crippen molar-refractivity contribution < 1.29 is 49.2 Å². The average Bonchev–Trinajstić information content (AvgIpc) is 3.03. The molecule has 4 rings (SSSR count). The van der Waals surface area contributed by atoms with E-state index < -0.39 is 40.9 Å². The van der Waals surface area contributed by atoms with Gasteiger partial charge in [-0.2, -0.15) is 4.39 Å². The van der Waals surface area contributed by atoms with Gasteiger partial charge >= 0.3 is 6.16 Å². The number of aliphatic hydroxyl groups is 2. The second kappa shape index (κ2) is 7.27. The lowest BCUT2D eigenvalue weighted by molar-refractivity contribution is -0.385. The van der Waals surface area contributed by atoms with Gasteiger partial charge in [-0.15, -0.1) is 0 Å². The first kappa shape index (κ1) is 20.1. The first-order valence-corrected chi connectivity index (χ1v) is 9.13. The number of hydrogen-bond acceptors (Lipinski definition) is 10. The Morgan fingerprint density at radius 1 is 1.03 bits per heavy atom. The van der Waals surface area contributed by atoms with Crippen molar-refractivity contribution in [3.05, 3.63) is 29.6 Å². The Bertz CT molecular complexity index is 952. The first-order chi connectivity index (χ1) is 14.2. The van der Waals surface area contributed by atoms with Crippen molar-refractivity contribution in [1.82, 2.24) is 5.32 Å². The Morgan fingerprint density at radius 2 is 1.70 bits per heavy atom. The molecule has 7 N–H and O–H groups in total. The fraction of sp³-hybridized carbons (Fsp3) is 0.368. The van der Waals surface area contributed by atoms with E-state index in [-0.39, 0.29) is 29.6 Å². The molecule has 1 saturated heterocycles. The molecule has 0 amide bonds. The number of rotatable bonds is 4. The number of phenolic OH excluding ortho intramolecular Hbond substituents is 4. The van der Waals surface area contributed by atoms with Crippen LogP contribution in [0.1, 0.15) is 17.9 Å². The smallest absolute Gasteiger partial charge is 0.504 e. The van der Waals surface area contributed by atoms with Gasteiger partial charge in [-0.25, -0.2) is 0 Å². The van der Waals surface area contributed by atoms with Crippen LogP contribution in [0.3, 0.4) is 0 Å². The zero-order valence-electron chi connectivity index (χ0n) is 15.5. The summed E-state index contributed by atoms with van der Waals surface area (Å²) in [7, 11) is 0. The van der Waals surface area contributed by atoms with Crippen LogP contribution >= 0.6 is 0 Å². The highest BCUT2D eigenvalue weighted by atomic mass is 19.1. The number of phenols is 4. The van der Waals surface area contributed by atoms with Crippen LogP contribution in [0.2, 0.25) is 0 Å². The predicted octanol–water partition coefficient (Wildman–Crippen LogP) is 0.787. The van der Waals surface area contributed by atoms with Crippen LogP contribution in [0.15, 0.2) is 18.2 Å². The molecule has 1 fully saturated rings. The Balaban J connectivity index is 1.55. The second-order valence-electron chi connectivity index (χ2n) is 7.15. The van der Waals surface area contributed by atoms with Crippen molar-refractivity contribution in [2.45, 2.75) is 18.5 Å². The Labute approximate surface area is 169 Å². The van der Waals surface area contributed by atoms with Gasteiger partial charge in [0.25, 0.3) is 0 Å². The monoisotopic (exact) mass is 425 g/mol. The molecule has 0 bridgehead atoms. The quantitative estimate of drug-likeness (QED) is 0.212. The van der Waals surface area contributed by atoms with Gasteiger partial charge in [-0.3, -0.25) is 10.2 Å². The highest BCUT2D eigenvalue weighted by molar-refractivity contribution is 5.61. The minimum Gasteiger partial charge on any atom is -0.504 e. The predicted molar refractivity (Wildman–Crippen MR) is 97.1 cm³/mol. The van der Waals surface area contributed by atoms with Gasteiger partial charge in [-0.05, 0) is 31.0 Å². The van der Waals surface area contributed by atoms with E-state index in [0.29, 0.717) is 25.3 Å². The average molecular weight is 425 g/mol. The molecule has 0 aliphatic carbocycles. The molecule has 2 aromatic carbocycles. The summed E-state index contributed by atoms with van der Waals surface area (Å²) in [5.41, 5.74) is -0.155. The van der Waals surface area contributed by atoms with E-state index in [1.54, 1.807) is 0 Å². The van der Waals surface area contributed by atoms with Gasteiger partial charge in [-0.1, -0.05) is 0 Å². The third kappa shape index (κ3) is 3.47. The highest BCUT2D eigenvalue weighted by Gasteiger charge is 2.39. The molecule has 10 nitrogen and oxygen atoms in total. The summed E-state index contributed by atoms with van der Waals surface area (Å²) >= 11 is 0. The molecular weight excluding hydrogens is 405 g/mol. The molecular formula is C19H20FNO9. The van der Waals surface area contributed by atoms with Crippen LogP contribution in [-0.2, 0) is 0 Å². The van der Waals surface area contributed by atoms with Crippen molar-refractivity contribution in [3.8, 4) is 40.2 Å². The lowest BCUT2D eigenvalue weighted by atomic mass is 9.80. The molecule has 2 aliphatic rings. The van der Waals surface area contributed by atoms with Gasteiger partial charge in [0.2, 0.25) is 5.82 Å². The standard InChI is InChI=1S/C19H20FNO9/c20-14-17(24)15(22)13(16(23)18(14)25)10-3-4-21-6-8(10)7-28-9-1-2-11-12(5-9)30-19(26,27)29-11/h1-2,5,8,10,21-27H,3-4,6-7H2/t8-,10+/m0/s1. The van der Waals surface area contributed by atoms with Crippen LogP contribution in [0.25, 0.3) is 0 Å². The Kier molecular flexibility index (Phi) is 4.88. The molecule has 2 heterocycles. The fourth-order valence-electron chi connectivity index (χ4n) is 3.77. The zero-order valence-corrected chi connectivity index (χ0v) is 15.5. The van der Waals surface area contributed by atoms with E-state index in [4.69, 9.17) is 14.2 Å². The number of halogens is 1. The third-order valence-electron chi connectivity index (χ3n) is 5.22. The van der Waals surface area contributed by atoms with Crippen LogP contribution in [-0.4, -0.2) is 56.5 Å². The van der Waals surface area contributed by atoms with Crippen molar-refractivity contribution in [2.24, 2.45) is 5.92 Å². The molecule has 0 radical (unpaired) electrons. The van der Waals surface area contributed by atoms with Gasteiger partial charge in [0.05, 0.1) is 6.61 Å². The van der Waals surface area contributed by atoms with Gasteiger partial charge in [0.1, 0.15) is 5.75 Å². The van der Waals surface area contributed by atoms with Crippen molar-refractivity contribution in [3.63, 3.8) is 0 Å². The third-order valence-corrected chi connectivity index (χ3v) is 5.22. The molecule has 0 spiro atoms. The molecule has 0 aromatic heterocycles. The first-order valence-electron chi connectivity index (χ1n) is 9.13. The van der Waals surface area contributed by atoms with E-state index in [2.05, 4.69) is 5.32 Å². The molecule has 0 saturated carbocycles. The zero-order chi connectivity index (χ0) is 21.6. The van der Waals surface area contributed by atoms with Crippen molar-refractivity contribution >= 4 is 0 Å². The topological polar surface area (TPSA) is 161 Å². The number of hydrogen-bond donors (Lipinski definition) is 7. The van der Waals surface area contributed by atoms with E-state index >= 15 is 0 Å². The maximum absolute atomic E-state index is 13.7. The fourth-order valence-corrected chi connectivity index (χ4v) is 3.77. The lowest BCUT2D eigenvalue weighted by Gasteiger charge is -2.33. The van der Waals surface area contributed by atoms with E-state index in [1.165, 1.54) is 18.2 Å². The van der Waals surface area contributed by atoms with Crippen molar-refractivity contribution in [1.29, 1.82) is 0 Å². The van der Waals surface area contributed by atoms with E-state index in [1.807, 2.05) is 0 Å². The van der Waals surface area contributed by atoms with Crippen LogP contribution in [0.5, 0.6) is 40.2 Å². The summed E-state index contributed by atoms with van der Waals surface area (Å²) < 4.78 is 29.1. The lowest BCUT2D eigenvalue weighted by Crippen LogP contribution is -2.38. The summed E-state index contributed by atoms with van der Waals surface area (Å²) in [5.74, 6) is -5.79. The molecule has 0 unspecified atom stereocenters. The van der Waals surface area contributed by atoms with E-state index in [9.17, 15) is 35.0 Å². The van der Waals surface area contributed by atoms with Crippen molar-refractivity contribution in [2.75, 3.05) is 19.7 Å². The minimum atomic E-state index is -2.75. The molecule has 162 valence electrons. The Morgan fingerprint density at radius 3 is 2.40 bits per heavy atom. The largest absolute Gasteiger partial charge is 0.505 e. The van der Waals surface area contributed by atoms with Gasteiger partial charge < -0.3 is 40.0 Å². The molecule has 2 atom stereocenters. The number of benzene rings is 2. The molecule has 30 heavy (non-hydrogen) atoms. The van der Waals surface area contributed by atoms with Crippen LogP contribution < -0.4 is 19.5 Å². The summed E-state index contributed by atoms with van der Waals surface area (Å²) in [5, 5.41) is 61.7. The number of nitrogens with one attached hydrogen (secondary N) is 1. The van der Waals surface area contributed by atoms with Gasteiger partial charge in [0, 0.05) is 24.1 Å². The van der Waals surface area contributed by atoms with Crippen LogP contribution in [0.4, 0.5) is 4.39 Å². The molecule has 2 aromatic rings. The number of piperidine rings is 1. The molecule has 2 aliphatic heterocycles. The number of ether oxygens (including phenoxy) is 3. The second-order valence-corrected chi connectivity index (χ2v) is 7.15.